The molecular formula is C48H30N2O. The molecule has 11 rings (SSSR count). The van der Waals surface area contributed by atoms with Gasteiger partial charge in [0.2, 0.25) is 0 Å². The molecule has 51 heavy (non-hydrogen) atoms. The summed E-state index contributed by atoms with van der Waals surface area (Å²) in [6, 6.07) is 65.7. The second-order valence-electron chi connectivity index (χ2n) is 13.4. The van der Waals surface area contributed by atoms with Gasteiger partial charge in [-0.15, -0.1) is 0 Å². The van der Waals surface area contributed by atoms with E-state index >= 15 is 0 Å². The second kappa shape index (κ2) is 10.8. The van der Waals surface area contributed by atoms with E-state index in [-0.39, 0.29) is 0 Å². The molecule has 0 aliphatic carbocycles. The van der Waals surface area contributed by atoms with Crippen molar-refractivity contribution in [3.8, 4) is 33.6 Å². The van der Waals surface area contributed by atoms with E-state index in [2.05, 4.69) is 179 Å². The standard InChI is InChI=1S/C48H30N2O/c1-6-16-43-37(11-1)38-12-2-7-17-44(38)49(43)35-27-34(28-36(30-35)50-45-18-8-3-13-39(45)40-14-4-9-19-46(40)50)32-23-21-31(22-24-32)33-25-26-42-41-15-5-10-20-47(41)51-48(42)29-33/h1-30H. The first-order valence-corrected chi connectivity index (χ1v) is 17.4. The van der Waals surface area contributed by atoms with Crippen LogP contribution in [0.3, 0.4) is 0 Å². The normalized spacial score (nSPS) is 11.9. The lowest BCUT2D eigenvalue weighted by Gasteiger charge is -2.16. The maximum Gasteiger partial charge on any atom is 0.136 e. The average Bonchev–Trinajstić information content (AvgIpc) is 3.85. The Morgan fingerprint density at radius 3 is 1.18 bits per heavy atom. The molecule has 0 atom stereocenters. The molecule has 0 radical (unpaired) electrons. The molecule has 0 amide bonds. The van der Waals surface area contributed by atoms with Crippen LogP contribution in [0.4, 0.5) is 0 Å². The van der Waals surface area contributed by atoms with Gasteiger partial charge in [0.15, 0.2) is 0 Å². The van der Waals surface area contributed by atoms with E-state index in [0.717, 1.165) is 55.6 Å². The maximum absolute atomic E-state index is 6.22. The van der Waals surface area contributed by atoms with Crippen molar-refractivity contribution in [1.82, 2.24) is 9.13 Å². The fraction of sp³-hybridized carbons (Fsp3) is 0. The minimum atomic E-state index is 0.910. The van der Waals surface area contributed by atoms with Gasteiger partial charge < -0.3 is 13.6 Å². The average molecular weight is 651 g/mol. The Kier molecular flexibility index (Phi) is 5.96. The highest BCUT2D eigenvalue weighted by atomic mass is 16.3. The fourth-order valence-corrected chi connectivity index (χ4v) is 8.18. The Morgan fingerprint density at radius 1 is 0.275 bits per heavy atom. The molecule has 0 unspecified atom stereocenters. The largest absolute Gasteiger partial charge is 0.456 e. The summed E-state index contributed by atoms with van der Waals surface area (Å²) >= 11 is 0. The minimum absolute atomic E-state index is 0.910. The first-order valence-electron chi connectivity index (χ1n) is 17.4. The zero-order valence-electron chi connectivity index (χ0n) is 27.6. The predicted octanol–water partition coefficient (Wildman–Crippen LogP) is 13.1. The minimum Gasteiger partial charge on any atom is -0.456 e. The van der Waals surface area contributed by atoms with E-state index in [1.54, 1.807) is 0 Å². The van der Waals surface area contributed by atoms with Gasteiger partial charge in [-0.05, 0) is 82.9 Å². The van der Waals surface area contributed by atoms with Crippen molar-refractivity contribution in [2.45, 2.75) is 0 Å². The summed E-state index contributed by atoms with van der Waals surface area (Å²) in [6.45, 7) is 0. The Bertz CT molecular complexity index is 2900. The van der Waals surface area contributed by atoms with Crippen molar-refractivity contribution < 1.29 is 4.42 Å². The number of benzene rings is 8. The van der Waals surface area contributed by atoms with Gasteiger partial charge in [0.1, 0.15) is 11.2 Å². The van der Waals surface area contributed by atoms with Gasteiger partial charge in [-0.1, -0.05) is 121 Å². The summed E-state index contributed by atoms with van der Waals surface area (Å²) in [7, 11) is 0. The summed E-state index contributed by atoms with van der Waals surface area (Å²) in [6.07, 6.45) is 0. The van der Waals surface area contributed by atoms with Crippen molar-refractivity contribution in [2.24, 2.45) is 0 Å². The number of aromatic nitrogens is 2. The molecular weight excluding hydrogens is 621 g/mol. The predicted molar refractivity (Wildman–Crippen MR) is 213 cm³/mol. The number of nitrogens with zero attached hydrogens (tertiary/aromatic N) is 2. The van der Waals surface area contributed by atoms with E-state index in [1.165, 1.54) is 43.6 Å². The zero-order valence-corrected chi connectivity index (χ0v) is 27.6. The Morgan fingerprint density at radius 2 is 0.667 bits per heavy atom. The van der Waals surface area contributed by atoms with Crippen LogP contribution < -0.4 is 0 Å². The maximum atomic E-state index is 6.22. The van der Waals surface area contributed by atoms with Gasteiger partial charge in [0, 0.05) is 43.7 Å². The Labute approximate surface area is 293 Å². The molecule has 0 spiro atoms. The van der Waals surface area contributed by atoms with Crippen LogP contribution in [-0.2, 0) is 0 Å². The SMILES string of the molecule is c1ccc2c(c1)oc1cc(-c3ccc(-c4cc(-n5c6ccccc6c6ccccc65)cc(-n5c6ccccc6c6ccccc65)c4)cc3)ccc12. The Hall–Kier alpha value is -6.84. The van der Waals surface area contributed by atoms with E-state index in [4.69, 9.17) is 4.42 Å². The van der Waals surface area contributed by atoms with Crippen LogP contribution in [0.2, 0.25) is 0 Å². The highest BCUT2D eigenvalue weighted by molar-refractivity contribution is 6.11. The molecule has 8 aromatic carbocycles. The lowest BCUT2D eigenvalue weighted by molar-refractivity contribution is 0.669. The summed E-state index contributed by atoms with van der Waals surface area (Å²) < 4.78 is 11.1. The summed E-state index contributed by atoms with van der Waals surface area (Å²) in [5.74, 6) is 0. The number of hydrogen-bond acceptors (Lipinski definition) is 1. The summed E-state index contributed by atoms with van der Waals surface area (Å²) in [4.78, 5) is 0. The summed E-state index contributed by atoms with van der Waals surface area (Å²) in [5.41, 5.74) is 13.5. The van der Waals surface area contributed by atoms with Gasteiger partial charge in [0.25, 0.3) is 0 Å². The number of rotatable bonds is 4. The molecule has 0 saturated heterocycles. The van der Waals surface area contributed by atoms with E-state index in [0.29, 0.717) is 0 Å². The van der Waals surface area contributed by atoms with Crippen molar-refractivity contribution in [3.63, 3.8) is 0 Å². The number of fused-ring (bicyclic) bond motifs is 9. The highest BCUT2D eigenvalue weighted by Crippen LogP contribution is 2.38. The number of para-hydroxylation sites is 5. The van der Waals surface area contributed by atoms with Crippen LogP contribution in [0.5, 0.6) is 0 Å². The van der Waals surface area contributed by atoms with Crippen LogP contribution in [0.1, 0.15) is 0 Å². The highest BCUT2D eigenvalue weighted by Gasteiger charge is 2.17. The third kappa shape index (κ3) is 4.25. The topological polar surface area (TPSA) is 23.0 Å². The number of hydrogen-bond donors (Lipinski definition) is 0. The van der Waals surface area contributed by atoms with Crippen molar-refractivity contribution in [2.75, 3.05) is 0 Å². The van der Waals surface area contributed by atoms with Crippen LogP contribution in [0.15, 0.2) is 186 Å². The third-order valence-corrected chi connectivity index (χ3v) is 10.5. The first-order chi connectivity index (χ1) is 25.3. The molecule has 0 saturated carbocycles. The molecule has 0 aliphatic rings. The molecule has 0 aliphatic heterocycles. The molecule has 3 heterocycles. The monoisotopic (exact) mass is 650 g/mol. The molecule has 11 aromatic rings. The van der Waals surface area contributed by atoms with Gasteiger partial charge in [-0.3, -0.25) is 0 Å². The van der Waals surface area contributed by atoms with Gasteiger partial charge in [-0.2, -0.15) is 0 Å². The van der Waals surface area contributed by atoms with E-state index in [9.17, 15) is 0 Å². The van der Waals surface area contributed by atoms with E-state index < -0.39 is 0 Å². The van der Waals surface area contributed by atoms with E-state index in [1.807, 2.05) is 12.1 Å². The molecule has 0 N–H and O–H groups in total. The lowest BCUT2D eigenvalue weighted by Crippen LogP contribution is -2.00. The molecule has 3 heteroatoms. The fourth-order valence-electron chi connectivity index (χ4n) is 8.18. The van der Waals surface area contributed by atoms with Crippen LogP contribution in [0, 0.1) is 0 Å². The van der Waals surface area contributed by atoms with Gasteiger partial charge in [-0.25, -0.2) is 0 Å². The molecule has 0 bridgehead atoms. The van der Waals surface area contributed by atoms with Crippen LogP contribution in [-0.4, -0.2) is 9.13 Å². The quantitative estimate of drug-likeness (QED) is 0.186. The first kappa shape index (κ1) is 28.0. The molecule has 0 fully saturated rings. The molecule has 3 aromatic heterocycles. The van der Waals surface area contributed by atoms with Crippen LogP contribution in [0.25, 0.3) is 99.2 Å². The van der Waals surface area contributed by atoms with Gasteiger partial charge >= 0.3 is 0 Å². The zero-order chi connectivity index (χ0) is 33.5. The van der Waals surface area contributed by atoms with Crippen molar-refractivity contribution in [1.29, 1.82) is 0 Å². The van der Waals surface area contributed by atoms with Crippen molar-refractivity contribution in [3.05, 3.63) is 182 Å². The summed E-state index contributed by atoms with van der Waals surface area (Å²) in [5, 5.41) is 7.30. The second-order valence-corrected chi connectivity index (χ2v) is 13.4. The number of furan rings is 1. The molecule has 238 valence electrons. The third-order valence-electron chi connectivity index (χ3n) is 10.5. The lowest BCUT2D eigenvalue weighted by atomic mass is 9.98. The molecule has 3 nitrogen and oxygen atoms in total. The van der Waals surface area contributed by atoms with Crippen LogP contribution >= 0.6 is 0 Å². The Balaban J connectivity index is 1.12. The smallest absolute Gasteiger partial charge is 0.136 e. The van der Waals surface area contributed by atoms with Crippen molar-refractivity contribution >= 4 is 65.6 Å². The van der Waals surface area contributed by atoms with Gasteiger partial charge in [0.05, 0.1) is 22.1 Å².